The second kappa shape index (κ2) is 10.6. The molecule has 0 aliphatic rings. The number of rotatable bonds is 7. The molecule has 1 heterocycles. The summed E-state index contributed by atoms with van der Waals surface area (Å²) in [4.78, 5) is 25.2. The molecule has 2 N–H and O–H groups in total. The van der Waals surface area contributed by atoms with Crippen LogP contribution in [-0.2, 0) is 11.8 Å². The van der Waals surface area contributed by atoms with Crippen molar-refractivity contribution in [2.45, 2.75) is 31.2 Å². The summed E-state index contributed by atoms with van der Waals surface area (Å²) in [5.41, 5.74) is 5.05. The van der Waals surface area contributed by atoms with Crippen LogP contribution < -0.4 is 10.6 Å². The number of thioether (sulfide) groups is 1. The highest BCUT2D eigenvalue weighted by Crippen LogP contribution is 2.28. The van der Waals surface area contributed by atoms with Crippen LogP contribution in [0.3, 0.4) is 0 Å². The summed E-state index contributed by atoms with van der Waals surface area (Å²) in [5.74, 6) is 0.426. The molecule has 1 aromatic heterocycles. The van der Waals surface area contributed by atoms with Crippen molar-refractivity contribution in [1.82, 2.24) is 14.8 Å². The number of anilines is 2. The van der Waals surface area contributed by atoms with E-state index in [9.17, 15) is 9.59 Å². The first-order valence-corrected chi connectivity index (χ1v) is 12.1. The Morgan fingerprint density at radius 1 is 0.857 bits per heavy atom. The highest BCUT2D eigenvalue weighted by molar-refractivity contribution is 8.00. The molecule has 8 heteroatoms. The first kappa shape index (κ1) is 24.2. The molecule has 0 fully saturated rings. The topological polar surface area (TPSA) is 88.9 Å². The molecule has 0 radical (unpaired) electrons. The first-order chi connectivity index (χ1) is 16.8. The van der Waals surface area contributed by atoms with Gasteiger partial charge in [-0.25, -0.2) is 0 Å². The number of benzene rings is 3. The molecule has 2 amide bonds. The lowest BCUT2D eigenvalue weighted by Crippen LogP contribution is -2.23. The minimum atomic E-state index is -0.361. The monoisotopic (exact) mass is 485 g/mol. The second-order valence-electron chi connectivity index (χ2n) is 8.28. The van der Waals surface area contributed by atoms with Gasteiger partial charge in [0.25, 0.3) is 5.91 Å². The molecule has 0 bridgehead atoms. The number of nitrogens with zero attached hydrogens (tertiary/aromatic N) is 3. The Morgan fingerprint density at radius 3 is 2.17 bits per heavy atom. The highest BCUT2D eigenvalue weighted by Gasteiger charge is 2.20. The number of carbonyl (C=O) groups excluding carboxylic acids is 2. The number of para-hydroxylation sites is 1. The van der Waals surface area contributed by atoms with E-state index in [0.29, 0.717) is 22.2 Å². The van der Waals surface area contributed by atoms with Crippen LogP contribution >= 0.6 is 11.8 Å². The molecular weight excluding hydrogens is 458 g/mol. The molecule has 4 rings (SSSR count). The average Bonchev–Trinajstić information content (AvgIpc) is 3.22. The fourth-order valence-corrected chi connectivity index (χ4v) is 4.43. The number of amides is 2. The maximum absolute atomic E-state index is 12.8. The van der Waals surface area contributed by atoms with E-state index in [-0.39, 0.29) is 17.1 Å². The number of carbonyl (C=O) groups is 2. The third-order valence-corrected chi connectivity index (χ3v) is 6.79. The van der Waals surface area contributed by atoms with Gasteiger partial charge in [-0.05, 0) is 68.3 Å². The van der Waals surface area contributed by atoms with Gasteiger partial charge in [0.05, 0.1) is 5.25 Å². The van der Waals surface area contributed by atoms with Crippen molar-refractivity contribution in [1.29, 1.82) is 0 Å². The smallest absolute Gasteiger partial charge is 0.255 e. The van der Waals surface area contributed by atoms with Gasteiger partial charge in [0.2, 0.25) is 5.91 Å². The minimum absolute atomic E-state index is 0.0875. The van der Waals surface area contributed by atoms with Gasteiger partial charge in [0.15, 0.2) is 11.0 Å². The molecule has 0 aliphatic carbocycles. The molecule has 0 aliphatic heterocycles. The van der Waals surface area contributed by atoms with Crippen molar-refractivity contribution in [3.05, 3.63) is 89.5 Å². The first-order valence-electron chi connectivity index (χ1n) is 11.2. The van der Waals surface area contributed by atoms with Gasteiger partial charge < -0.3 is 15.2 Å². The number of hydrogen-bond donors (Lipinski definition) is 2. The summed E-state index contributed by atoms with van der Waals surface area (Å²) in [7, 11) is 1.87. The lowest BCUT2D eigenvalue weighted by atomic mass is 10.1. The quantitative estimate of drug-likeness (QED) is 0.339. The minimum Gasteiger partial charge on any atom is -0.325 e. The van der Waals surface area contributed by atoms with E-state index in [0.717, 1.165) is 22.4 Å². The molecular formula is C27H27N5O2S. The molecule has 0 spiro atoms. The van der Waals surface area contributed by atoms with Crippen molar-refractivity contribution in [3.8, 4) is 11.4 Å². The number of nitrogens with one attached hydrogen (secondary N) is 2. The molecule has 35 heavy (non-hydrogen) atoms. The van der Waals surface area contributed by atoms with Gasteiger partial charge >= 0.3 is 0 Å². The Balaban J connectivity index is 1.42. The molecule has 1 atom stereocenters. The Bertz CT molecular complexity index is 1330. The van der Waals surface area contributed by atoms with Crippen LogP contribution in [0.5, 0.6) is 0 Å². The Kier molecular flexibility index (Phi) is 7.31. The number of hydrogen-bond acceptors (Lipinski definition) is 5. The highest BCUT2D eigenvalue weighted by atomic mass is 32.2. The van der Waals surface area contributed by atoms with Crippen LogP contribution in [0.4, 0.5) is 11.4 Å². The maximum atomic E-state index is 12.8. The van der Waals surface area contributed by atoms with E-state index in [1.165, 1.54) is 11.8 Å². The van der Waals surface area contributed by atoms with Crippen molar-refractivity contribution in [3.63, 3.8) is 0 Å². The van der Waals surface area contributed by atoms with Crippen molar-refractivity contribution in [2.75, 3.05) is 10.6 Å². The van der Waals surface area contributed by atoms with Crippen LogP contribution in [0.2, 0.25) is 0 Å². The number of aromatic nitrogens is 3. The maximum Gasteiger partial charge on any atom is 0.255 e. The predicted octanol–water partition coefficient (Wildman–Crippen LogP) is 5.47. The summed E-state index contributed by atoms with van der Waals surface area (Å²) in [5, 5.41) is 14.8. The average molecular weight is 486 g/mol. The summed E-state index contributed by atoms with van der Waals surface area (Å²) >= 11 is 1.35. The van der Waals surface area contributed by atoms with Crippen LogP contribution in [0.1, 0.15) is 28.4 Å². The largest absolute Gasteiger partial charge is 0.325 e. The Labute approximate surface area is 209 Å². The van der Waals surface area contributed by atoms with Crippen LogP contribution in [0, 0.1) is 13.8 Å². The van der Waals surface area contributed by atoms with Crippen LogP contribution in [0.25, 0.3) is 11.4 Å². The van der Waals surface area contributed by atoms with Crippen LogP contribution in [0.15, 0.2) is 78.0 Å². The molecule has 0 unspecified atom stereocenters. The van der Waals surface area contributed by atoms with Crippen molar-refractivity contribution < 1.29 is 9.59 Å². The van der Waals surface area contributed by atoms with E-state index in [4.69, 9.17) is 0 Å². The van der Waals surface area contributed by atoms with E-state index >= 15 is 0 Å². The van der Waals surface area contributed by atoms with Crippen LogP contribution in [-0.4, -0.2) is 31.8 Å². The third-order valence-electron chi connectivity index (χ3n) is 5.65. The Hall–Kier alpha value is -3.91. The summed E-state index contributed by atoms with van der Waals surface area (Å²) < 4.78 is 1.87. The van der Waals surface area contributed by atoms with E-state index in [1.807, 2.05) is 93.0 Å². The van der Waals surface area contributed by atoms with Crippen molar-refractivity contribution in [2.24, 2.45) is 7.05 Å². The molecule has 4 aromatic rings. The predicted molar refractivity (Wildman–Crippen MR) is 141 cm³/mol. The van der Waals surface area contributed by atoms with Gasteiger partial charge in [-0.15, -0.1) is 10.2 Å². The summed E-state index contributed by atoms with van der Waals surface area (Å²) in [6.07, 6.45) is 0. The van der Waals surface area contributed by atoms with E-state index in [1.54, 1.807) is 12.1 Å². The normalized spacial score (nSPS) is 11.7. The van der Waals surface area contributed by atoms with Gasteiger partial charge in [-0.3, -0.25) is 9.59 Å². The molecule has 3 aromatic carbocycles. The zero-order valence-corrected chi connectivity index (χ0v) is 20.9. The van der Waals surface area contributed by atoms with Gasteiger partial charge in [0, 0.05) is 29.5 Å². The molecule has 7 nitrogen and oxygen atoms in total. The standard InChI is InChI=1S/C27H27N5O2S/c1-17-9-8-10-18(2)23(17)29-25(33)19(3)35-27-31-30-24(32(27)4)20-13-15-22(16-14-20)28-26(34)21-11-6-5-7-12-21/h5-16,19H,1-4H3,(H,28,34)(H,29,33)/t19-/m1/s1. The fraction of sp³-hybridized carbons (Fsp3) is 0.185. The zero-order valence-electron chi connectivity index (χ0n) is 20.1. The lowest BCUT2D eigenvalue weighted by molar-refractivity contribution is -0.115. The van der Waals surface area contributed by atoms with Crippen molar-refractivity contribution >= 4 is 35.0 Å². The fourth-order valence-electron chi connectivity index (χ4n) is 3.61. The summed E-state index contributed by atoms with van der Waals surface area (Å²) in [6, 6.07) is 22.4. The molecule has 0 saturated carbocycles. The lowest BCUT2D eigenvalue weighted by Gasteiger charge is -2.15. The SMILES string of the molecule is Cc1cccc(C)c1NC(=O)[C@@H](C)Sc1nnc(-c2ccc(NC(=O)c3ccccc3)cc2)n1C. The third kappa shape index (κ3) is 5.60. The van der Waals surface area contributed by atoms with Gasteiger partial charge in [0.1, 0.15) is 0 Å². The number of aryl methyl sites for hydroxylation is 2. The zero-order chi connectivity index (χ0) is 24.9. The Morgan fingerprint density at radius 2 is 1.51 bits per heavy atom. The molecule has 0 saturated heterocycles. The van der Waals surface area contributed by atoms with E-state index < -0.39 is 0 Å². The van der Waals surface area contributed by atoms with Gasteiger partial charge in [-0.2, -0.15) is 0 Å². The summed E-state index contributed by atoms with van der Waals surface area (Å²) in [6.45, 7) is 5.81. The van der Waals surface area contributed by atoms with Gasteiger partial charge in [-0.1, -0.05) is 48.2 Å². The second-order valence-corrected chi connectivity index (χ2v) is 9.59. The van der Waals surface area contributed by atoms with E-state index in [2.05, 4.69) is 20.8 Å². The molecule has 178 valence electrons.